The van der Waals surface area contributed by atoms with Gasteiger partial charge in [0.15, 0.2) is 0 Å². The van der Waals surface area contributed by atoms with E-state index in [9.17, 15) is 4.57 Å². The first-order valence-corrected chi connectivity index (χ1v) is 12.2. The number of phosphoric ester groups is 1. The van der Waals surface area contributed by atoms with Crippen LogP contribution in [-0.4, -0.2) is 44.7 Å². The summed E-state index contributed by atoms with van der Waals surface area (Å²) >= 11 is 0. The molecule has 0 heterocycles. The van der Waals surface area contributed by atoms with E-state index in [4.69, 9.17) is 23.4 Å². The van der Waals surface area contributed by atoms with Crippen molar-refractivity contribution >= 4 is 7.82 Å². The summed E-state index contributed by atoms with van der Waals surface area (Å²) in [6, 6.07) is 0. The van der Waals surface area contributed by atoms with Crippen LogP contribution in [0.4, 0.5) is 0 Å². The normalized spacial score (nSPS) is 16.2. The molecule has 2 unspecified atom stereocenters. The molecule has 0 aromatic carbocycles. The fourth-order valence-electron chi connectivity index (χ4n) is 2.68. The van der Waals surface area contributed by atoms with Crippen molar-refractivity contribution < 1.29 is 28.0 Å². The molecule has 0 saturated carbocycles. The molecule has 0 aromatic rings. The van der Waals surface area contributed by atoms with Crippen molar-refractivity contribution in [3.05, 3.63) is 0 Å². The van der Waals surface area contributed by atoms with Gasteiger partial charge >= 0.3 is 7.82 Å². The molecule has 0 radical (unpaired) electrons. The predicted octanol–water partition coefficient (Wildman–Crippen LogP) is 5.59. The summed E-state index contributed by atoms with van der Waals surface area (Å²) in [5.41, 5.74) is 0. The standard InChI is InChI=1S/C20H43O6P/c1-5-9-11-19(7-3)17-25-27(22,24-16-15-23-14-13-21)26-18-20(8-4)12-10-6-2/h19-21H,5-18H2,1-4H3. The minimum Gasteiger partial charge on any atom is -0.394 e. The molecular weight excluding hydrogens is 367 g/mol. The Morgan fingerprint density at radius 2 is 1.30 bits per heavy atom. The van der Waals surface area contributed by atoms with Crippen LogP contribution >= 0.6 is 7.82 Å². The molecule has 7 heteroatoms. The van der Waals surface area contributed by atoms with Crippen LogP contribution < -0.4 is 0 Å². The zero-order valence-electron chi connectivity index (χ0n) is 18.0. The Labute approximate surface area is 166 Å². The molecule has 0 rings (SSSR count). The van der Waals surface area contributed by atoms with Crippen LogP contribution in [0.2, 0.25) is 0 Å². The van der Waals surface area contributed by atoms with E-state index in [-0.39, 0.29) is 26.4 Å². The van der Waals surface area contributed by atoms with E-state index in [1.165, 1.54) is 0 Å². The zero-order chi connectivity index (χ0) is 20.4. The van der Waals surface area contributed by atoms with E-state index in [1.807, 2.05) is 0 Å². The molecule has 0 aliphatic rings. The van der Waals surface area contributed by atoms with E-state index >= 15 is 0 Å². The lowest BCUT2D eigenvalue weighted by atomic mass is 10.0. The molecule has 1 N–H and O–H groups in total. The van der Waals surface area contributed by atoms with E-state index in [0.717, 1.165) is 51.4 Å². The van der Waals surface area contributed by atoms with Crippen LogP contribution in [0.5, 0.6) is 0 Å². The minimum atomic E-state index is -3.61. The molecule has 0 fully saturated rings. The second kappa shape index (κ2) is 18.1. The number of hydrogen-bond donors (Lipinski definition) is 1. The Morgan fingerprint density at radius 3 is 1.70 bits per heavy atom. The van der Waals surface area contributed by atoms with Crippen molar-refractivity contribution in [1.29, 1.82) is 0 Å². The van der Waals surface area contributed by atoms with Crippen molar-refractivity contribution in [3.63, 3.8) is 0 Å². The Balaban J connectivity index is 4.63. The van der Waals surface area contributed by atoms with E-state index < -0.39 is 7.82 Å². The number of hydrogen-bond acceptors (Lipinski definition) is 6. The average Bonchev–Trinajstić information content (AvgIpc) is 2.68. The molecule has 0 aliphatic heterocycles. The number of ether oxygens (including phenoxy) is 1. The summed E-state index contributed by atoms with van der Waals surface area (Å²) in [6.45, 7) is 9.90. The number of phosphoric acid groups is 1. The third-order valence-corrected chi connectivity index (χ3v) is 6.17. The first kappa shape index (κ1) is 27.0. The largest absolute Gasteiger partial charge is 0.474 e. The maximum atomic E-state index is 13.1. The third-order valence-electron chi connectivity index (χ3n) is 4.74. The first-order chi connectivity index (χ1) is 13.0. The second-order valence-electron chi connectivity index (χ2n) is 7.04. The molecule has 0 saturated heterocycles. The summed E-state index contributed by atoms with van der Waals surface area (Å²) in [5, 5.41) is 8.74. The summed E-state index contributed by atoms with van der Waals surface area (Å²) < 4.78 is 35.1. The molecule has 6 nitrogen and oxygen atoms in total. The molecule has 0 bridgehead atoms. The lowest BCUT2D eigenvalue weighted by molar-refractivity contribution is 0.0419. The van der Waals surface area contributed by atoms with Gasteiger partial charge in [-0.3, -0.25) is 13.6 Å². The molecule has 2 atom stereocenters. The highest BCUT2D eigenvalue weighted by molar-refractivity contribution is 7.48. The topological polar surface area (TPSA) is 74.2 Å². The van der Waals surface area contributed by atoms with Gasteiger partial charge in [0.1, 0.15) is 0 Å². The van der Waals surface area contributed by atoms with E-state index in [1.54, 1.807) is 0 Å². The number of rotatable bonds is 20. The van der Waals surface area contributed by atoms with Gasteiger partial charge in [0.2, 0.25) is 0 Å². The molecule has 27 heavy (non-hydrogen) atoms. The van der Waals surface area contributed by atoms with Crippen LogP contribution in [0.25, 0.3) is 0 Å². The Bertz CT molecular complexity index is 342. The highest BCUT2D eigenvalue weighted by Crippen LogP contribution is 2.50. The highest BCUT2D eigenvalue weighted by Gasteiger charge is 2.29. The van der Waals surface area contributed by atoms with Gasteiger partial charge in [0, 0.05) is 0 Å². The van der Waals surface area contributed by atoms with Gasteiger partial charge in [0.05, 0.1) is 39.6 Å². The van der Waals surface area contributed by atoms with Crippen LogP contribution in [0.15, 0.2) is 0 Å². The van der Waals surface area contributed by atoms with Crippen molar-refractivity contribution in [2.24, 2.45) is 11.8 Å². The molecule has 0 spiro atoms. The third kappa shape index (κ3) is 14.7. The van der Waals surface area contributed by atoms with Gasteiger partial charge < -0.3 is 9.84 Å². The maximum Gasteiger partial charge on any atom is 0.474 e. The fourth-order valence-corrected chi connectivity index (χ4v) is 3.98. The van der Waals surface area contributed by atoms with Crippen molar-refractivity contribution in [2.45, 2.75) is 79.1 Å². The van der Waals surface area contributed by atoms with Gasteiger partial charge in [-0.15, -0.1) is 0 Å². The van der Waals surface area contributed by atoms with E-state index in [0.29, 0.717) is 25.0 Å². The molecule has 0 aliphatic carbocycles. The SMILES string of the molecule is CCCCC(CC)COP(=O)(OCCOCCO)OCC(CC)CCCC. The Hall–Kier alpha value is 0.0300. The van der Waals surface area contributed by atoms with Crippen LogP contribution in [0, 0.1) is 11.8 Å². The summed E-state index contributed by atoms with van der Waals surface area (Å²) in [7, 11) is -3.61. The summed E-state index contributed by atoms with van der Waals surface area (Å²) in [5.74, 6) is 0.719. The maximum absolute atomic E-state index is 13.1. The van der Waals surface area contributed by atoms with Crippen LogP contribution in [-0.2, 0) is 22.9 Å². The predicted molar refractivity (Wildman–Crippen MR) is 110 cm³/mol. The number of aliphatic hydroxyl groups is 1. The van der Waals surface area contributed by atoms with Crippen molar-refractivity contribution in [2.75, 3.05) is 39.6 Å². The van der Waals surface area contributed by atoms with Gasteiger partial charge in [-0.1, -0.05) is 66.2 Å². The van der Waals surface area contributed by atoms with Crippen molar-refractivity contribution in [1.82, 2.24) is 0 Å². The van der Waals surface area contributed by atoms with Gasteiger partial charge in [0.25, 0.3) is 0 Å². The Morgan fingerprint density at radius 1 is 0.778 bits per heavy atom. The van der Waals surface area contributed by atoms with E-state index in [2.05, 4.69) is 27.7 Å². The van der Waals surface area contributed by atoms with Crippen LogP contribution in [0.3, 0.4) is 0 Å². The quantitative estimate of drug-likeness (QED) is 0.208. The lowest BCUT2D eigenvalue weighted by Gasteiger charge is -2.23. The molecular formula is C20H43O6P. The summed E-state index contributed by atoms with van der Waals surface area (Å²) in [4.78, 5) is 0. The summed E-state index contributed by atoms with van der Waals surface area (Å²) in [6.07, 6.45) is 8.62. The number of aliphatic hydroxyl groups excluding tert-OH is 1. The molecule has 0 aromatic heterocycles. The lowest BCUT2D eigenvalue weighted by Crippen LogP contribution is -2.15. The first-order valence-electron chi connectivity index (χ1n) is 10.8. The van der Waals surface area contributed by atoms with Gasteiger partial charge in [-0.2, -0.15) is 0 Å². The number of unbranched alkanes of at least 4 members (excludes halogenated alkanes) is 2. The van der Waals surface area contributed by atoms with Crippen molar-refractivity contribution in [3.8, 4) is 0 Å². The zero-order valence-corrected chi connectivity index (χ0v) is 18.9. The minimum absolute atomic E-state index is 0.0458. The second-order valence-corrected chi connectivity index (χ2v) is 8.71. The smallest absolute Gasteiger partial charge is 0.394 e. The molecule has 0 amide bonds. The Kier molecular flexibility index (Phi) is 18.1. The van der Waals surface area contributed by atoms with Gasteiger partial charge in [-0.05, 0) is 24.7 Å². The van der Waals surface area contributed by atoms with Gasteiger partial charge in [-0.25, -0.2) is 4.57 Å². The van der Waals surface area contributed by atoms with Crippen LogP contribution in [0.1, 0.15) is 79.1 Å². The highest BCUT2D eigenvalue weighted by atomic mass is 31.2. The monoisotopic (exact) mass is 410 g/mol. The molecule has 164 valence electrons. The average molecular weight is 411 g/mol. The fraction of sp³-hybridized carbons (Fsp3) is 1.00.